The Hall–Kier alpha value is -1.89. The van der Waals surface area contributed by atoms with Crippen molar-refractivity contribution < 1.29 is 13.9 Å². The molecule has 1 aromatic carbocycles. The standard InChI is InChI=1S/C18H23FN4O2.HI/c1-4-21-18(23-10-12(2)15(11-23)17(24)25-3)22-9-14-6-5-13(8-20)7-16(14)19;/h5-7,12,15H,4,9-11H2,1-3H3,(H,21,22);1H. The van der Waals surface area contributed by atoms with Gasteiger partial charge in [0, 0.05) is 25.2 Å². The van der Waals surface area contributed by atoms with Crippen molar-refractivity contribution in [3.05, 3.63) is 35.1 Å². The van der Waals surface area contributed by atoms with Crippen LogP contribution in [-0.4, -0.2) is 43.6 Å². The summed E-state index contributed by atoms with van der Waals surface area (Å²) in [4.78, 5) is 18.3. The van der Waals surface area contributed by atoms with E-state index in [0.717, 1.165) is 0 Å². The first-order chi connectivity index (χ1) is 12.0. The Bertz CT molecular complexity index is 705. The van der Waals surface area contributed by atoms with Crippen LogP contribution in [0.4, 0.5) is 4.39 Å². The van der Waals surface area contributed by atoms with Crippen molar-refractivity contribution in [2.45, 2.75) is 20.4 Å². The fraction of sp³-hybridized carbons (Fsp3) is 0.500. The lowest BCUT2D eigenvalue weighted by molar-refractivity contribution is -0.145. The number of ether oxygens (including phenoxy) is 1. The second kappa shape index (κ2) is 10.3. The minimum atomic E-state index is -0.444. The van der Waals surface area contributed by atoms with Crippen LogP contribution in [0.3, 0.4) is 0 Å². The number of carbonyl (C=O) groups is 1. The third-order valence-electron chi connectivity index (χ3n) is 4.33. The average molecular weight is 474 g/mol. The second-order valence-electron chi connectivity index (χ2n) is 6.10. The molecule has 0 saturated carbocycles. The maximum atomic E-state index is 14.0. The predicted octanol–water partition coefficient (Wildman–Crippen LogP) is 2.52. The molecule has 1 saturated heterocycles. The third kappa shape index (κ3) is 5.30. The average Bonchev–Trinajstić information content (AvgIpc) is 3.00. The van der Waals surface area contributed by atoms with Gasteiger partial charge in [0.1, 0.15) is 5.82 Å². The first-order valence-corrected chi connectivity index (χ1v) is 8.29. The lowest BCUT2D eigenvalue weighted by Gasteiger charge is -2.21. The molecule has 1 aliphatic rings. The molecule has 8 heteroatoms. The number of rotatable bonds is 4. The summed E-state index contributed by atoms with van der Waals surface area (Å²) < 4.78 is 18.9. The van der Waals surface area contributed by atoms with E-state index in [1.165, 1.54) is 13.2 Å². The number of hydrogen-bond donors (Lipinski definition) is 1. The van der Waals surface area contributed by atoms with E-state index in [4.69, 9.17) is 10.00 Å². The van der Waals surface area contributed by atoms with E-state index in [0.29, 0.717) is 31.2 Å². The van der Waals surface area contributed by atoms with Crippen LogP contribution in [0.1, 0.15) is 25.0 Å². The number of likely N-dealkylation sites (tertiary alicyclic amines) is 1. The first-order valence-electron chi connectivity index (χ1n) is 8.29. The number of methoxy groups -OCH3 is 1. The Morgan fingerprint density at radius 3 is 2.81 bits per heavy atom. The molecule has 142 valence electrons. The van der Waals surface area contributed by atoms with Crippen LogP contribution in [0, 0.1) is 29.0 Å². The van der Waals surface area contributed by atoms with Gasteiger partial charge in [0.2, 0.25) is 0 Å². The fourth-order valence-corrected chi connectivity index (χ4v) is 2.93. The second-order valence-corrected chi connectivity index (χ2v) is 6.10. The highest BCUT2D eigenvalue weighted by Gasteiger charge is 2.36. The van der Waals surface area contributed by atoms with E-state index in [1.54, 1.807) is 12.1 Å². The largest absolute Gasteiger partial charge is 0.469 e. The van der Waals surface area contributed by atoms with Crippen LogP contribution in [0.5, 0.6) is 0 Å². The SMILES string of the molecule is CCNC(=NCc1ccc(C#N)cc1F)N1CC(C)C(C(=O)OC)C1.I. The normalized spacial score (nSPS) is 19.5. The predicted molar refractivity (Wildman–Crippen MR) is 108 cm³/mol. The Morgan fingerprint density at radius 2 is 2.23 bits per heavy atom. The van der Waals surface area contributed by atoms with E-state index in [-0.39, 0.29) is 53.9 Å². The van der Waals surface area contributed by atoms with E-state index in [1.807, 2.05) is 24.8 Å². The number of carbonyl (C=O) groups excluding carboxylic acids is 1. The van der Waals surface area contributed by atoms with Crippen LogP contribution in [0.25, 0.3) is 0 Å². The summed E-state index contributed by atoms with van der Waals surface area (Å²) in [7, 11) is 1.39. The van der Waals surface area contributed by atoms with Gasteiger partial charge in [0.25, 0.3) is 0 Å². The van der Waals surface area contributed by atoms with Crippen molar-refractivity contribution in [3.63, 3.8) is 0 Å². The molecule has 0 aromatic heterocycles. The molecule has 1 heterocycles. The number of halogens is 2. The zero-order chi connectivity index (χ0) is 18.4. The van der Waals surface area contributed by atoms with Gasteiger partial charge in [-0.1, -0.05) is 13.0 Å². The van der Waals surface area contributed by atoms with Crippen molar-refractivity contribution in [2.75, 3.05) is 26.7 Å². The van der Waals surface area contributed by atoms with Gasteiger partial charge in [0.15, 0.2) is 5.96 Å². The van der Waals surface area contributed by atoms with Gasteiger partial charge in [-0.25, -0.2) is 9.38 Å². The summed E-state index contributed by atoms with van der Waals surface area (Å²) in [6.07, 6.45) is 0. The van der Waals surface area contributed by atoms with Gasteiger partial charge >= 0.3 is 5.97 Å². The summed E-state index contributed by atoms with van der Waals surface area (Å²) in [5, 5.41) is 12.0. The summed E-state index contributed by atoms with van der Waals surface area (Å²) in [6, 6.07) is 6.27. The molecule has 0 amide bonds. The third-order valence-corrected chi connectivity index (χ3v) is 4.33. The monoisotopic (exact) mass is 474 g/mol. The molecule has 6 nitrogen and oxygen atoms in total. The molecule has 1 aromatic rings. The number of esters is 1. The van der Waals surface area contributed by atoms with Crippen molar-refractivity contribution in [2.24, 2.45) is 16.8 Å². The highest BCUT2D eigenvalue weighted by Crippen LogP contribution is 2.24. The maximum absolute atomic E-state index is 14.0. The van der Waals surface area contributed by atoms with Crippen molar-refractivity contribution in [3.8, 4) is 6.07 Å². The molecular weight excluding hydrogens is 450 g/mol. The van der Waals surface area contributed by atoms with Crippen LogP contribution in [0.15, 0.2) is 23.2 Å². The minimum absolute atomic E-state index is 0. The zero-order valence-corrected chi connectivity index (χ0v) is 17.5. The summed E-state index contributed by atoms with van der Waals surface area (Å²) in [5.41, 5.74) is 0.706. The summed E-state index contributed by atoms with van der Waals surface area (Å²) >= 11 is 0. The highest BCUT2D eigenvalue weighted by atomic mass is 127. The zero-order valence-electron chi connectivity index (χ0n) is 15.2. The fourth-order valence-electron chi connectivity index (χ4n) is 2.93. The lowest BCUT2D eigenvalue weighted by atomic mass is 9.99. The number of benzene rings is 1. The maximum Gasteiger partial charge on any atom is 0.310 e. The lowest BCUT2D eigenvalue weighted by Crippen LogP contribution is -2.40. The quantitative estimate of drug-likeness (QED) is 0.314. The first kappa shape index (κ1) is 22.2. The summed E-state index contributed by atoms with van der Waals surface area (Å²) in [5.74, 6) is -0.0576. The van der Waals surface area contributed by atoms with Gasteiger partial charge in [-0.15, -0.1) is 24.0 Å². The summed E-state index contributed by atoms with van der Waals surface area (Å²) in [6.45, 7) is 5.99. The molecule has 0 radical (unpaired) electrons. The minimum Gasteiger partial charge on any atom is -0.469 e. The van der Waals surface area contributed by atoms with Crippen molar-refractivity contribution >= 4 is 35.9 Å². The molecule has 1 fully saturated rings. The molecule has 1 N–H and O–H groups in total. The van der Waals surface area contributed by atoms with Crippen LogP contribution < -0.4 is 5.32 Å². The number of nitrogens with one attached hydrogen (secondary N) is 1. The number of nitriles is 1. The number of hydrogen-bond acceptors (Lipinski definition) is 4. The Kier molecular flexibility index (Phi) is 8.78. The number of nitrogens with zero attached hydrogens (tertiary/aromatic N) is 3. The van der Waals surface area contributed by atoms with Crippen LogP contribution in [-0.2, 0) is 16.1 Å². The smallest absolute Gasteiger partial charge is 0.310 e. The van der Waals surface area contributed by atoms with E-state index in [9.17, 15) is 9.18 Å². The molecular formula is C18H24FIN4O2. The number of aliphatic imine (C=N–C) groups is 1. The van der Waals surface area contributed by atoms with E-state index < -0.39 is 5.82 Å². The van der Waals surface area contributed by atoms with E-state index >= 15 is 0 Å². The van der Waals surface area contributed by atoms with Gasteiger partial charge in [0.05, 0.1) is 31.2 Å². The van der Waals surface area contributed by atoms with Crippen molar-refractivity contribution in [1.29, 1.82) is 5.26 Å². The van der Waals surface area contributed by atoms with Gasteiger partial charge in [-0.2, -0.15) is 5.26 Å². The molecule has 0 spiro atoms. The molecule has 0 bridgehead atoms. The Labute approximate surface area is 170 Å². The topological polar surface area (TPSA) is 77.7 Å². The highest BCUT2D eigenvalue weighted by molar-refractivity contribution is 14.0. The molecule has 2 rings (SSSR count). The van der Waals surface area contributed by atoms with Crippen LogP contribution >= 0.6 is 24.0 Å². The molecule has 1 aliphatic heterocycles. The van der Waals surface area contributed by atoms with Gasteiger partial charge < -0.3 is 15.0 Å². The van der Waals surface area contributed by atoms with Crippen LogP contribution in [0.2, 0.25) is 0 Å². The molecule has 26 heavy (non-hydrogen) atoms. The molecule has 0 aliphatic carbocycles. The molecule has 2 atom stereocenters. The Balaban J connectivity index is 0.00000338. The molecule has 2 unspecified atom stereocenters. The van der Waals surface area contributed by atoms with Crippen molar-refractivity contribution in [1.82, 2.24) is 10.2 Å². The van der Waals surface area contributed by atoms with Gasteiger partial charge in [-0.05, 0) is 25.0 Å². The van der Waals surface area contributed by atoms with E-state index in [2.05, 4.69) is 10.3 Å². The Morgan fingerprint density at radius 1 is 1.50 bits per heavy atom. The van der Waals surface area contributed by atoms with Gasteiger partial charge in [-0.3, -0.25) is 4.79 Å². The number of guanidine groups is 1.